The molecule has 0 saturated heterocycles. The molecule has 1 amide bonds. The van der Waals surface area contributed by atoms with Gasteiger partial charge in [0, 0.05) is 18.7 Å². The molecular weight excluding hydrogens is 288 g/mol. The van der Waals surface area contributed by atoms with Crippen LogP contribution in [-0.2, 0) is 11.2 Å². The molecule has 0 spiro atoms. The van der Waals surface area contributed by atoms with Crippen LogP contribution in [0, 0.1) is 6.92 Å². The molecule has 0 aliphatic rings. The maximum Gasteiger partial charge on any atom is 0.226 e. The lowest BCUT2D eigenvalue weighted by Crippen LogP contribution is -2.17. The average Bonchev–Trinajstić information content (AvgIpc) is 2.56. The molecule has 2 rings (SSSR count). The Bertz CT molecular complexity index is 668. The Morgan fingerprint density at radius 2 is 1.91 bits per heavy atom. The zero-order valence-electron chi connectivity index (χ0n) is 14.0. The summed E-state index contributed by atoms with van der Waals surface area (Å²) in [4.78, 5) is 12.1. The number of rotatable bonds is 7. The molecule has 0 radical (unpaired) electrons. The highest BCUT2D eigenvalue weighted by Gasteiger charge is 2.08. The zero-order chi connectivity index (χ0) is 16.7. The molecule has 0 saturated carbocycles. The van der Waals surface area contributed by atoms with Crippen molar-refractivity contribution in [1.29, 1.82) is 0 Å². The second-order valence-electron chi connectivity index (χ2n) is 5.39. The van der Waals surface area contributed by atoms with E-state index < -0.39 is 0 Å². The number of amides is 1. The Morgan fingerprint density at radius 3 is 2.65 bits per heavy atom. The number of aryl methyl sites for hydroxylation is 2. The van der Waals surface area contributed by atoms with E-state index in [0.717, 1.165) is 12.1 Å². The van der Waals surface area contributed by atoms with Gasteiger partial charge in [-0.1, -0.05) is 37.3 Å². The fourth-order valence-corrected chi connectivity index (χ4v) is 2.54. The first-order valence-electron chi connectivity index (χ1n) is 7.91. The first-order chi connectivity index (χ1) is 11.2. The monoisotopic (exact) mass is 312 g/mol. The number of hydrogen-bond acceptors (Lipinski definition) is 3. The van der Waals surface area contributed by atoms with Gasteiger partial charge in [-0.25, -0.2) is 0 Å². The summed E-state index contributed by atoms with van der Waals surface area (Å²) in [7, 11) is 1.59. The van der Waals surface area contributed by atoms with Gasteiger partial charge < -0.3 is 15.4 Å². The van der Waals surface area contributed by atoms with E-state index in [-0.39, 0.29) is 5.91 Å². The SMILES string of the molecule is CCc1cccc(C)c1NCCC(=O)Nc1ccccc1OC. The molecule has 0 fully saturated rings. The van der Waals surface area contributed by atoms with Crippen LogP contribution in [0.2, 0.25) is 0 Å². The summed E-state index contributed by atoms with van der Waals surface area (Å²) in [5.74, 6) is 0.634. The lowest BCUT2D eigenvalue weighted by Gasteiger charge is -2.14. The Labute approximate surface area is 137 Å². The fraction of sp³-hybridized carbons (Fsp3) is 0.316. The number of hydrogen-bond donors (Lipinski definition) is 2. The molecular formula is C19H24N2O2. The van der Waals surface area contributed by atoms with Crippen molar-refractivity contribution in [2.45, 2.75) is 26.7 Å². The summed E-state index contributed by atoms with van der Waals surface area (Å²) in [5, 5.41) is 6.27. The molecule has 0 heterocycles. The predicted molar refractivity (Wildman–Crippen MR) is 95.3 cm³/mol. The van der Waals surface area contributed by atoms with Gasteiger partial charge >= 0.3 is 0 Å². The van der Waals surface area contributed by atoms with Crippen LogP contribution in [0.3, 0.4) is 0 Å². The first kappa shape index (κ1) is 16.9. The Balaban J connectivity index is 1.91. The van der Waals surface area contributed by atoms with Crippen molar-refractivity contribution in [3.63, 3.8) is 0 Å². The number of carbonyl (C=O) groups is 1. The summed E-state index contributed by atoms with van der Waals surface area (Å²) in [5.41, 5.74) is 4.31. The van der Waals surface area contributed by atoms with Gasteiger partial charge in [0.25, 0.3) is 0 Å². The van der Waals surface area contributed by atoms with Crippen molar-refractivity contribution in [3.8, 4) is 5.75 Å². The van der Waals surface area contributed by atoms with Crippen LogP contribution < -0.4 is 15.4 Å². The minimum atomic E-state index is -0.0337. The normalized spacial score (nSPS) is 10.2. The van der Waals surface area contributed by atoms with Crippen molar-refractivity contribution in [2.75, 3.05) is 24.3 Å². The van der Waals surface area contributed by atoms with E-state index in [0.29, 0.717) is 24.4 Å². The first-order valence-corrected chi connectivity index (χ1v) is 7.91. The molecule has 2 aromatic carbocycles. The quantitative estimate of drug-likeness (QED) is 0.812. The van der Waals surface area contributed by atoms with Crippen LogP contribution in [0.25, 0.3) is 0 Å². The third kappa shape index (κ3) is 4.49. The average molecular weight is 312 g/mol. The van der Waals surface area contributed by atoms with E-state index in [1.807, 2.05) is 24.3 Å². The summed E-state index contributed by atoms with van der Waals surface area (Å²) in [6, 6.07) is 13.7. The zero-order valence-corrected chi connectivity index (χ0v) is 14.0. The minimum Gasteiger partial charge on any atom is -0.495 e. The van der Waals surface area contributed by atoms with Crippen molar-refractivity contribution in [2.24, 2.45) is 0 Å². The highest BCUT2D eigenvalue weighted by Crippen LogP contribution is 2.23. The molecule has 0 bridgehead atoms. The molecule has 2 aromatic rings. The number of nitrogens with one attached hydrogen (secondary N) is 2. The van der Waals surface area contributed by atoms with Crippen LogP contribution in [0.5, 0.6) is 5.75 Å². The van der Waals surface area contributed by atoms with Gasteiger partial charge in [-0.2, -0.15) is 0 Å². The van der Waals surface area contributed by atoms with E-state index in [4.69, 9.17) is 4.74 Å². The van der Waals surface area contributed by atoms with Crippen LogP contribution in [0.15, 0.2) is 42.5 Å². The van der Waals surface area contributed by atoms with Crippen LogP contribution in [0.1, 0.15) is 24.5 Å². The fourth-order valence-electron chi connectivity index (χ4n) is 2.54. The summed E-state index contributed by atoms with van der Waals surface area (Å²) < 4.78 is 5.24. The van der Waals surface area contributed by atoms with Crippen molar-refractivity contribution >= 4 is 17.3 Å². The Kier molecular flexibility index (Phi) is 6.03. The van der Waals surface area contributed by atoms with Crippen LogP contribution in [0.4, 0.5) is 11.4 Å². The molecule has 4 nitrogen and oxygen atoms in total. The van der Waals surface area contributed by atoms with Gasteiger partial charge in [0.05, 0.1) is 12.8 Å². The Morgan fingerprint density at radius 1 is 1.13 bits per heavy atom. The topological polar surface area (TPSA) is 50.4 Å². The third-order valence-corrected chi connectivity index (χ3v) is 3.77. The number of benzene rings is 2. The lowest BCUT2D eigenvalue weighted by molar-refractivity contribution is -0.116. The molecule has 0 unspecified atom stereocenters. The summed E-state index contributed by atoms with van der Waals surface area (Å²) in [6.07, 6.45) is 1.37. The lowest BCUT2D eigenvalue weighted by atomic mass is 10.1. The van der Waals surface area contributed by atoms with E-state index in [2.05, 4.69) is 42.7 Å². The molecule has 0 aromatic heterocycles. The summed E-state index contributed by atoms with van der Waals surface area (Å²) >= 11 is 0. The highest BCUT2D eigenvalue weighted by atomic mass is 16.5. The van der Waals surface area contributed by atoms with Gasteiger partial charge in [0.15, 0.2) is 0 Å². The number of carbonyl (C=O) groups excluding carboxylic acids is 1. The van der Waals surface area contributed by atoms with Crippen molar-refractivity contribution in [1.82, 2.24) is 0 Å². The molecule has 23 heavy (non-hydrogen) atoms. The predicted octanol–water partition coefficient (Wildman–Crippen LogP) is 4.01. The van der Waals surface area contributed by atoms with Crippen molar-refractivity contribution < 1.29 is 9.53 Å². The maximum atomic E-state index is 12.1. The van der Waals surface area contributed by atoms with Crippen LogP contribution >= 0.6 is 0 Å². The van der Waals surface area contributed by atoms with E-state index >= 15 is 0 Å². The minimum absolute atomic E-state index is 0.0337. The largest absolute Gasteiger partial charge is 0.495 e. The number of ether oxygens (including phenoxy) is 1. The Hall–Kier alpha value is -2.49. The second-order valence-corrected chi connectivity index (χ2v) is 5.39. The van der Waals surface area contributed by atoms with Crippen LogP contribution in [-0.4, -0.2) is 19.6 Å². The molecule has 122 valence electrons. The molecule has 2 N–H and O–H groups in total. The van der Waals surface area contributed by atoms with Gasteiger partial charge in [0.1, 0.15) is 5.75 Å². The van der Waals surface area contributed by atoms with Gasteiger partial charge in [-0.3, -0.25) is 4.79 Å². The standard InChI is InChI=1S/C19H24N2O2/c1-4-15-9-7-8-14(2)19(15)20-13-12-18(22)21-16-10-5-6-11-17(16)23-3/h5-11,20H,4,12-13H2,1-3H3,(H,21,22). The van der Waals surface area contributed by atoms with E-state index in [1.54, 1.807) is 7.11 Å². The van der Waals surface area contributed by atoms with Gasteiger partial charge in [0.2, 0.25) is 5.91 Å². The molecule has 4 heteroatoms. The number of anilines is 2. The van der Waals surface area contributed by atoms with Gasteiger partial charge in [-0.15, -0.1) is 0 Å². The second kappa shape index (κ2) is 8.22. The molecule has 0 atom stereocenters. The molecule has 0 aliphatic carbocycles. The third-order valence-electron chi connectivity index (χ3n) is 3.77. The maximum absolute atomic E-state index is 12.1. The van der Waals surface area contributed by atoms with E-state index in [9.17, 15) is 4.79 Å². The number of methoxy groups -OCH3 is 1. The highest BCUT2D eigenvalue weighted by molar-refractivity contribution is 5.92. The van der Waals surface area contributed by atoms with Crippen molar-refractivity contribution in [3.05, 3.63) is 53.6 Å². The smallest absolute Gasteiger partial charge is 0.226 e. The summed E-state index contributed by atoms with van der Waals surface area (Å²) in [6.45, 7) is 4.81. The van der Waals surface area contributed by atoms with E-state index in [1.165, 1.54) is 11.1 Å². The molecule has 0 aliphatic heterocycles. The number of para-hydroxylation sites is 3. The van der Waals surface area contributed by atoms with Gasteiger partial charge in [-0.05, 0) is 36.6 Å².